The van der Waals surface area contributed by atoms with E-state index < -0.39 is 5.91 Å². The van der Waals surface area contributed by atoms with Crippen molar-refractivity contribution in [1.82, 2.24) is 20.0 Å². The van der Waals surface area contributed by atoms with E-state index >= 15 is 0 Å². The van der Waals surface area contributed by atoms with Crippen LogP contribution in [0.25, 0.3) is 0 Å². The van der Waals surface area contributed by atoms with E-state index in [1.165, 1.54) is 0 Å². The highest BCUT2D eigenvalue weighted by atomic mass is 16.5. The Hall–Kier alpha value is -2.59. The molecule has 2 amide bonds. The van der Waals surface area contributed by atoms with Gasteiger partial charge < -0.3 is 30.0 Å². The predicted octanol–water partition coefficient (Wildman–Crippen LogP) is -0.680. The fourth-order valence-electron chi connectivity index (χ4n) is 3.40. The van der Waals surface area contributed by atoms with Gasteiger partial charge in [-0.1, -0.05) is 0 Å². The van der Waals surface area contributed by atoms with E-state index in [4.69, 9.17) is 14.9 Å². The molecule has 29 heavy (non-hydrogen) atoms. The van der Waals surface area contributed by atoms with Crippen molar-refractivity contribution in [2.24, 2.45) is 10.7 Å². The SMILES string of the molecule is CCNC(=NCc1ccc(C(N)=O)o1)N1CCN(CC(=O)N2CCOCC2)CC1. The Morgan fingerprint density at radius 3 is 2.45 bits per heavy atom. The monoisotopic (exact) mass is 406 g/mol. The molecule has 0 saturated carbocycles. The van der Waals surface area contributed by atoms with Crippen LogP contribution in [0, 0.1) is 0 Å². The third kappa shape index (κ3) is 5.94. The van der Waals surface area contributed by atoms with Gasteiger partial charge in [0.05, 0.1) is 19.8 Å². The third-order valence-electron chi connectivity index (χ3n) is 5.02. The van der Waals surface area contributed by atoms with Gasteiger partial charge in [-0.2, -0.15) is 0 Å². The van der Waals surface area contributed by atoms with Crippen molar-refractivity contribution in [2.45, 2.75) is 13.5 Å². The summed E-state index contributed by atoms with van der Waals surface area (Å²) >= 11 is 0. The van der Waals surface area contributed by atoms with E-state index in [0.717, 1.165) is 38.7 Å². The number of carbonyl (C=O) groups is 2. The minimum atomic E-state index is -0.588. The molecule has 1 aromatic rings. The quantitative estimate of drug-likeness (QED) is 0.475. The maximum absolute atomic E-state index is 12.4. The number of aliphatic imine (C=N–C) groups is 1. The maximum Gasteiger partial charge on any atom is 0.284 e. The number of nitrogens with two attached hydrogens (primary N) is 1. The molecule has 10 nitrogen and oxygen atoms in total. The first-order valence-electron chi connectivity index (χ1n) is 10.1. The van der Waals surface area contributed by atoms with Gasteiger partial charge in [-0.25, -0.2) is 4.99 Å². The Morgan fingerprint density at radius 2 is 1.83 bits per heavy atom. The van der Waals surface area contributed by atoms with Crippen molar-refractivity contribution < 1.29 is 18.7 Å². The second-order valence-electron chi connectivity index (χ2n) is 7.06. The Kier molecular flexibility index (Phi) is 7.48. The second-order valence-corrected chi connectivity index (χ2v) is 7.06. The highest BCUT2D eigenvalue weighted by Gasteiger charge is 2.24. The molecular weight excluding hydrogens is 376 g/mol. The van der Waals surface area contributed by atoms with E-state index in [1.807, 2.05) is 11.8 Å². The van der Waals surface area contributed by atoms with Crippen LogP contribution >= 0.6 is 0 Å². The predicted molar refractivity (Wildman–Crippen MR) is 107 cm³/mol. The molecule has 2 aliphatic rings. The largest absolute Gasteiger partial charge is 0.454 e. The maximum atomic E-state index is 12.4. The van der Waals surface area contributed by atoms with Crippen LogP contribution in [0.5, 0.6) is 0 Å². The molecule has 0 spiro atoms. The molecule has 0 atom stereocenters. The van der Waals surface area contributed by atoms with E-state index in [1.54, 1.807) is 12.1 Å². The molecule has 0 bridgehead atoms. The summed E-state index contributed by atoms with van der Waals surface area (Å²) in [4.78, 5) is 34.4. The molecule has 1 aromatic heterocycles. The van der Waals surface area contributed by atoms with Crippen LogP contribution in [0.3, 0.4) is 0 Å². The zero-order valence-corrected chi connectivity index (χ0v) is 16.9. The van der Waals surface area contributed by atoms with Crippen LogP contribution < -0.4 is 11.1 Å². The topological polar surface area (TPSA) is 117 Å². The average molecular weight is 406 g/mol. The molecule has 2 fully saturated rings. The number of nitrogens with zero attached hydrogens (tertiary/aromatic N) is 4. The number of piperazine rings is 1. The Bertz CT molecular complexity index is 720. The summed E-state index contributed by atoms with van der Waals surface area (Å²) in [5.41, 5.74) is 5.22. The molecule has 0 aromatic carbocycles. The van der Waals surface area contributed by atoms with Crippen LogP contribution in [0.15, 0.2) is 21.5 Å². The van der Waals surface area contributed by atoms with Gasteiger partial charge in [0.25, 0.3) is 5.91 Å². The fraction of sp³-hybridized carbons (Fsp3) is 0.632. The summed E-state index contributed by atoms with van der Waals surface area (Å²) in [5, 5.41) is 3.29. The van der Waals surface area contributed by atoms with Gasteiger partial charge in [0.15, 0.2) is 11.7 Å². The van der Waals surface area contributed by atoms with Gasteiger partial charge in [-0.3, -0.25) is 14.5 Å². The molecule has 0 aliphatic carbocycles. The molecule has 160 valence electrons. The molecular formula is C19H30N6O4. The summed E-state index contributed by atoms with van der Waals surface area (Å²) < 4.78 is 10.7. The number of hydrogen-bond donors (Lipinski definition) is 2. The van der Waals surface area contributed by atoms with E-state index in [9.17, 15) is 9.59 Å². The van der Waals surface area contributed by atoms with E-state index in [-0.39, 0.29) is 11.7 Å². The van der Waals surface area contributed by atoms with Gasteiger partial charge in [-0.05, 0) is 19.1 Å². The first-order valence-corrected chi connectivity index (χ1v) is 10.1. The smallest absolute Gasteiger partial charge is 0.284 e. The minimum Gasteiger partial charge on any atom is -0.454 e. The molecule has 3 N–H and O–H groups in total. The van der Waals surface area contributed by atoms with Crippen LogP contribution in [0.4, 0.5) is 0 Å². The van der Waals surface area contributed by atoms with Crippen LogP contribution in [0.2, 0.25) is 0 Å². The summed E-state index contributed by atoms with van der Waals surface area (Å²) in [7, 11) is 0. The number of amides is 2. The molecule has 3 rings (SSSR count). The zero-order valence-electron chi connectivity index (χ0n) is 16.9. The van der Waals surface area contributed by atoms with E-state index in [2.05, 4.69) is 20.1 Å². The lowest BCUT2D eigenvalue weighted by Gasteiger charge is -2.37. The van der Waals surface area contributed by atoms with Crippen LogP contribution in [0.1, 0.15) is 23.2 Å². The lowest BCUT2D eigenvalue weighted by atomic mass is 10.3. The van der Waals surface area contributed by atoms with Gasteiger partial charge in [0.2, 0.25) is 5.91 Å². The summed E-state index contributed by atoms with van der Waals surface area (Å²) in [6.07, 6.45) is 0. The van der Waals surface area contributed by atoms with Crippen molar-refractivity contribution >= 4 is 17.8 Å². The summed E-state index contributed by atoms with van der Waals surface area (Å²) in [5.74, 6) is 1.10. The Morgan fingerprint density at radius 1 is 1.10 bits per heavy atom. The number of morpholine rings is 1. The third-order valence-corrected chi connectivity index (χ3v) is 5.02. The van der Waals surface area contributed by atoms with Crippen molar-refractivity contribution in [3.05, 3.63) is 23.7 Å². The van der Waals surface area contributed by atoms with Crippen molar-refractivity contribution in [3.8, 4) is 0 Å². The van der Waals surface area contributed by atoms with Crippen molar-refractivity contribution in [1.29, 1.82) is 0 Å². The lowest BCUT2D eigenvalue weighted by Crippen LogP contribution is -2.54. The number of guanidine groups is 1. The number of primary amides is 1. The second kappa shape index (κ2) is 10.3. The highest BCUT2D eigenvalue weighted by molar-refractivity contribution is 5.89. The number of nitrogens with one attached hydrogen (secondary N) is 1. The molecule has 2 saturated heterocycles. The molecule has 10 heteroatoms. The first kappa shape index (κ1) is 21.1. The number of ether oxygens (including phenoxy) is 1. The van der Waals surface area contributed by atoms with Gasteiger partial charge in [-0.15, -0.1) is 0 Å². The van der Waals surface area contributed by atoms with Crippen molar-refractivity contribution in [3.63, 3.8) is 0 Å². The average Bonchev–Trinajstić information content (AvgIpc) is 3.22. The van der Waals surface area contributed by atoms with Gasteiger partial charge in [0, 0.05) is 45.8 Å². The normalized spacial score (nSPS) is 18.7. The zero-order chi connectivity index (χ0) is 20.6. The number of carbonyl (C=O) groups excluding carboxylic acids is 2. The fourth-order valence-corrected chi connectivity index (χ4v) is 3.40. The van der Waals surface area contributed by atoms with Gasteiger partial charge >= 0.3 is 0 Å². The number of furan rings is 1. The Balaban J connectivity index is 1.50. The van der Waals surface area contributed by atoms with E-state index in [0.29, 0.717) is 45.2 Å². The molecule has 0 radical (unpaired) electrons. The first-order chi connectivity index (χ1) is 14.1. The Labute approximate surface area is 170 Å². The molecule has 3 heterocycles. The van der Waals surface area contributed by atoms with Crippen LogP contribution in [-0.4, -0.2) is 98.0 Å². The highest BCUT2D eigenvalue weighted by Crippen LogP contribution is 2.10. The standard InChI is InChI=1S/C19H30N6O4/c1-2-21-19(22-13-15-3-4-16(29-15)18(20)27)25-7-5-23(6-8-25)14-17(26)24-9-11-28-12-10-24/h3-4H,2,5-14H2,1H3,(H2,20,27)(H,21,22). The van der Waals surface area contributed by atoms with Crippen LogP contribution in [-0.2, 0) is 16.1 Å². The molecule has 0 unspecified atom stereocenters. The van der Waals surface area contributed by atoms with Crippen molar-refractivity contribution in [2.75, 3.05) is 65.6 Å². The number of rotatable bonds is 6. The summed E-state index contributed by atoms with van der Waals surface area (Å²) in [6.45, 7) is 9.32. The minimum absolute atomic E-state index is 0.138. The molecule has 2 aliphatic heterocycles. The van der Waals surface area contributed by atoms with Gasteiger partial charge in [0.1, 0.15) is 12.3 Å². The lowest BCUT2D eigenvalue weighted by molar-refractivity contribution is -0.136. The number of hydrogen-bond acceptors (Lipinski definition) is 6. The summed E-state index contributed by atoms with van der Waals surface area (Å²) in [6, 6.07) is 3.27.